The van der Waals surface area contributed by atoms with Crippen molar-refractivity contribution in [3.63, 3.8) is 0 Å². The molecule has 0 bridgehead atoms. The molecule has 194 valence electrons. The third-order valence-corrected chi connectivity index (χ3v) is 8.63. The van der Waals surface area contributed by atoms with E-state index in [1.54, 1.807) is 13.8 Å². The van der Waals surface area contributed by atoms with E-state index in [9.17, 15) is 24.9 Å². The molecule has 8 nitrogen and oxygen atoms in total. The number of ether oxygens (including phenoxy) is 3. The number of Topliss-reactive ketones (excluding diaryl/α,β-unsaturated/α-hetero) is 1. The number of ketones is 1. The van der Waals surface area contributed by atoms with Gasteiger partial charge in [0.2, 0.25) is 3.79 Å². The number of aliphatic hydroxyl groups is 3. The number of rotatable bonds is 3. The first-order valence-electron chi connectivity index (χ1n) is 11.1. The Balaban J connectivity index is 2.18. The number of hydrogen-bond acceptors (Lipinski definition) is 8. The summed E-state index contributed by atoms with van der Waals surface area (Å²) in [6.45, 7) is 11.4. The van der Waals surface area contributed by atoms with E-state index in [1.165, 1.54) is 13.0 Å². The first-order valence-corrected chi connectivity index (χ1v) is 12.3. The number of hydrogen-bond donors (Lipinski definition) is 3. The molecule has 0 aromatic rings. The van der Waals surface area contributed by atoms with Crippen LogP contribution in [0.15, 0.2) is 12.7 Å². The molecular weight excluding hydrogens is 511 g/mol. The van der Waals surface area contributed by atoms with Gasteiger partial charge in [0.15, 0.2) is 17.5 Å². The summed E-state index contributed by atoms with van der Waals surface area (Å²) in [5, 5.41) is 35.1. The molecule has 1 heterocycles. The average Bonchev–Trinajstić information content (AvgIpc) is 2.69. The second-order valence-corrected chi connectivity index (χ2v) is 13.5. The van der Waals surface area contributed by atoms with Crippen molar-refractivity contribution in [2.24, 2.45) is 16.7 Å². The first kappa shape index (κ1) is 28.0. The molecular formula is C23H33Cl3O8. The lowest BCUT2D eigenvalue weighted by Crippen LogP contribution is -2.86. The highest BCUT2D eigenvalue weighted by molar-refractivity contribution is 6.67. The maximum Gasteiger partial charge on any atom is 0.508 e. The van der Waals surface area contributed by atoms with Crippen LogP contribution >= 0.6 is 34.8 Å². The Morgan fingerprint density at radius 3 is 2.35 bits per heavy atom. The third kappa shape index (κ3) is 3.98. The van der Waals surface area contributed by atoms with Crippen molar-refractivity contribution in [2.75, 3.05) is 6.61 Å². The fraction of sp³-hybridized carbons (Fsp3) is 0.826. The van der Waals surface area contributed by atoms with E-state index in [4.69, 9.17) is 49.0 Å². The fourth-order valence-corrected chi connectivity index (χ4v) is 6.92. The Morgan fingerprint density at radius 2 is 1.82 bits per heavy atom. The highest BCUT2D eigenvalue weighted by Gasteiger charge is 2.81. The molecule has 3 fully saturated rings. The van der Waals surface area contributed by atoms with E-state index >= 15 is 0 Å². The molecule has 3 N–H and O–H groups in total. The van der Waals surface area contributed by atoms with E-state index in [-0.39, 0.29) is 6.42 Å². The average molecular weight is 544 g/mol. The summed E-state index contributed by atoms with van der Waals surface area (Å²) in [6.07, 6.45) is -3.43. The van der Waals surface area contributed by atoms with Crippen LogP contribution in [-0.4, -0.2) is 72.8 Å². The summed E-state index contributed by atoms with van der Waals surface area (Å²) in [6, 6.07) is 0. The highest BCUT2D eigenvalue weighted by atomic mass is 35.6. The largest absolute Gasteiger partial charge is 0.508 e. The van der Waals surface area contributed by atoms with Gasteiger partial charge in [-0.05, 0) is 32.1 Å². The van der Waals surface area contributed by atoms with Crippen molar-refractivity contribution in [1.29, 1.82) is 0 Å². The van der Waals surface area contributed by atoms with Crippen LogP contribution in [0.5, 0.6) is 0 Å². The molecule has 0 unspecified atom stereocenters. The van der Waals surface area contributed by atoms with Crippen molar-refractivity contribution in [2.45, 2.75) is 92.8 Å². The van der Waals surface area contributed by atoms with Crippen molar-refractivity contribution in [1.82, 2.24) is 0 Å². The normalized spacial score (nSPS) is 46.1. The summed E-state index contributed by atoms with van der Waals surface area (Å²) < 4.78 is 14.8. The van der Waals surface area contributed by atoms with Gasteiger partial charge in [0.05, 0.1) is 17.8 Å². The van der Waals surface area contributed by atoms with Gasteiger partial charge in [-0.3, -0.25) is 4.79 Å². The molecule has 2 saturated carbocycles. The molecule has 3 aliphatic rings. The Kier molecular flexibility index (Phi) is 6.97. The lowest BCUT2D eigenvalue weighted by Gasteiger charge is -2.71. The Morgan fingerprint density at radius 1 is 1.24 bits per heavy atom. The quantitative estimate of drug-likeness (QED) is 0.281. The topological polar surface area (TPSA) is 123 Å². The van der Waals surface area contributed by atoms with Gasteiger partial charge in [-0.15, -0.1) is 6.58 Å². The van der Waals surface area contributed by atoms with Gasteiger partial charge in [-0.2, -0.15) is 0 Å². The molecule has 34 heavy (non-hydrogen) atoms. The molecule has 0 aromatic heterocycles. The Hall–Kier alpha value is -0.610. The Bertz CT molecular complexity index is 875. The minimum atomic E-state index is -2.33. The number of carbonyl (C=O) groups is 2. The summed E-state index contributed by atoms with van der Waals surface area (Å²) in [7, 11) is 0. The third-order valence-electron chi connectivity index (χ3n) is 8.30. The summed E-state index contributed by atoms with van der Waals surface area (Å²) >= 11 is 16.9. The molecule has 1 saturated heterocycles. The molecule has 1 aliphatic heterocycles. The maximum absolute atomic E-state index is 13.7. The van der Waals surface area contributed by atoms with Crippen LogP contribution in [-0.2, 0) is 19.0 Å². The van der Waals surface area contributed by atoms with Gasteiger partial charge in [-0.25, -0.2) is 4.79 Å². The van der Waals surface area contributed by atoms with E-state index in [0.717, 1.165) is 0 Å². The predicted molar refractivity (Wildman–Crippen MR) is 126 cm³/mol. The first-order chi connectivity index (χ1) is 15.3. The number of alkyl halides is 3. The van der Waals surface area contributed by atoms with Crippen LogP contribution in [0.25, 0.3) is 0 Å². The van der Waals surface area contributed by atoms with Gasteiger partial charge in [0.25, 0.3) is 0 Å². The second kappa shape index (κ2) is 8.47. The molecule has 0 amide bonds. The minimum Gasteiger partial charge on any atom is -0.430 e. The van der Waals surface area contributed by atoms with Crippen LogP contribution in [0.3, 0.4) is 0 Å². The van der Waals surface area contributed by atoms with Crippen LogP contribution in [0.2, 0.25) is 0 Å². The lowest BCUT2D eigenvalue weighted by molar-refractivity contribution is -0.370. The van der Waals surface area contributed by atoms with Crippen molar-refractivity contribution in [3.8, 4) is 0 Å². The van der Waals surface area contributed by atoms with Crippen LogP contribution in [0.4, 0.5) is 4.79 Å². The molecule has 3 rings (SSSR count). The predicted octanol–water partition coefficient (Wildman–Crippen LogP) is 3.48. The van der Waals surface area contributed by atoms with Gasteiger partial charge in [-0.1, -0.05) is 61.7 Å². The van der Waals surface area contributed by atoms with E-state index < -0.39 is 74.2 Å². The standard InChI is InChI=1S/C23H33Cl3O8/c1-7-19(4)10-13(28)23(31)20(5)12(27)8-9-18(2,3)15(20)14(29)16(21(23,6)34-19)33-17(30)32-11-22(24,25)26/h7,12,14-16,27,29,31H,1,8-11H2,2-6H3/t12-,14-,15-,16-,19-,20-,21+,23-/m0/s1. The van der Waals surface area contributed by atoms with E-state index in [1.807, 2.05) is 13.8 Å². The van der Waals surface area contributed by atoms with E-state index in [2.05, 4.69) is 6.58 Å². The fourth-order valence-electron chi connectivity index (χ4n) is 6.76. The lowest BCUT2D eigenvalue weighted by atomic mass is 9.40. The van der Waals surface area contributed by atoms with Crippen molar-refractivity contribution in [3.05, 3.63) is 12.7 Å². The monoisotopic (exact) mass is 542 g/mol. The van der Waals surface area contributed by atoms with Gasteiger partial charge >= 0.3 is 6.16 Å². The van der Waals surface area contributed by atoms with Crippen molar-refractivity contribution < 1.29 is 39.1 Å². The zero-order valence-corrected chi connectivity index (χ0v) is 22.2. The van der Waals surface area contributed by atoms with Crippen LogP contribution < -0.4 is 0 Å². The molecule has 0 radical (unpaired) electrons. The zero-order chi connectivity index (χ0) is 26.1. The summed E-state index contributed by atoms with van der Waals surface area (Å²) in [5.74, 6) is -1.46. The SMILES string of the molecule is C=C[C@@]1(C)CC(=O)[C@]2(O)[C@@]3(C)[C@@H](O)CCC(C)(C)[C@@H]3[C@H](O)[C@H](OC(=O)OCC(Cl)(Cl)Cl)[C@@]2(C)O1. The molecule has 8 atom stereocenters. The van der Waals surface area contributed by atoms with Crippen LogP contribution in [0, 0.1) is 16.7 Å². The van der Waals surface area contributed by atoms with Gasteiger partial charge < -0.3 is 29.5 Å². The molecule has 2 aliphatic carbocycles. The smallest absolute Gasteiger partial charge is 0.430 e. The zero-order valence-electron chi connectivity index (χ0n) is 19.9. The number of halogens is 3. The van der Waals surface area contributed by atoms with Crippen molar-refractivity contribution >= 4 is 46.7 Å². The van der Waals surface area contributed by atoms with E-state index in [0.29, 0.717) is 12.8 Å². The number of carbonyl (C=O) groups excluding carboxylic acids is 2. The minimum absolute atomic E-state index is 0.224. The van der Waals surface area contributed by atoms with Gasteiger partial charge in [0.1, 0.15) is 12.2 Å². The molecule has 0 spiro atoms. The summed E-state index contributed by atoms with van der Waals surface area (Å²) in [4.78, 5) is 26.3. The van der Waals surface area contributed by atoms with Gasteiger partial charge in [0, 0.05) is 17.8 Å². The number of aliphatic hydroxyl groups excluding tert-OH is 2. The Labute approximate surface area is 214 Å². The van der Waals surface area contributed by atoms with Crippen LogP contribution in [0.1, 0.15) is 53.9 Å². The molecule has 0 aromatic carbocycles. The summed E-state index contributed by atoms with van der Waals surface area (Å²) in [5.41, 5.74) is -7.72. The second-order valence-electron chi connectivity index (χ2n) is 11.0. The highest BCUT2D eigenvalue weighted by Crippen LogP contribution is 2.67. The molecule has 11 heteroatoms. The maximum atomic E-state index is 13.7. The number of fused-ring (bicyclic) bond motifs is 3.